The molecule has 0 aliphatic rings. The van der Waals surface area contributed by atoms with Crippen molar-refractivity contribution in [3.63, 3.8) is 0 Å². The third kappa shape index (κ3) is 2.88. The zero-order valence-electron chi connectivity index (χ0n) is 10.5. The van der Waals surface area contributed by atoms with Crippen LogP contribution in [-0.2, 0) is 0 Å². The van der Waals surface area contributed by atoms with Crippen LogP contribution in [0.25, 0.3) is 0 Å². The Bertz CT molecular complexity index is 670. The van der Waals surface area contributed by atoms with Crippen molar-refractivity contribution in [2.24, 2.45) is 0 Å². The summed E-state index contributed by atoms with van der Waals surface area (Å²) in [5.41, 5.74) is 0.950. The second-order valence-electron chi connectivity index (χ2n) is 3.73. The molecule has 0 aliphatic heterocycles. The number of thiophene rings is 1. The van der Waals surface area contributed by atoms with E-state index in [0.29, 0.717) is 22.6 Å². The van der Waals surface area contributed by atoms with Gasteiger partial charge in [-0.2, -0.15) is 0 Å². The van der Waals surface area contributed by atoms with Crippen LogP contribution in [0.3, 0.4) is 0 Å². The minimum Gasteiger partial charge on any atom is -0.495 e. The average molecular weight is 441 g/mol. The second-order valence-corrected chi connectivity index (χ2v) is 7.86. The van der Waals surface area contributed by atoms with Crippen molar-refractivity contribution in [1.29, 1.82) is 0 Å². The normalized spacial score (nSPS) is 10.4. The van der Waals surface area contributed by atoms with E-state index < -0.39 is 0 Å². The van der Waals surface area contributed by atoms with E-state index in [1.165, 1.54) is 25.6 Å². The quantitative estimate of drug-likeness (QED) is 0.615. The Morgan fingerprint density at radius 3 is 2.40 bits per heavy atom. The summed E-state index contributed by atoms with van der Waals surface area (Å²) in [6.45, 7) is 0. The maximum atomic E-state index is 12.6. The molecule has 0 fully saturated rings. The van der Waals surface area contributed by atoms with Crippen molar-refractivity contribution in [3.8, 4) is 11.5 Å². The first-order valence-corrected chi connectivity index (χ1v) is 8.17. The summed E-state index contributed by atoms with van der Waals surface area (Å²) < 4.78 is 12.0. The molecule has 0 N–H and O–H groups in total. The lowest BCUT2D eigenvalue weighted by molar-refractivity contribution is 0.103. The molecule has 0 saturated carbocycles. The number of hydrogen-bond donors (Lipinski definition) is 0. The molecule has 0 spiro atoms. The Hall–Kier alpha value is -0.560. The van der Waals surface area contributed by atoms with Gasteiger partial charge in [0.2, 0.25) is 0 Å². The zero-order valence-corrected chi connectivity index (χ0v) is 15.2. The van der Waals surface area contributed by atoms with Crippen LogP contribution in [0.15, 0.2) is 25.8 Å². The highest BCUT2D eigenvalue weighted by Gasteiger charge is 2.22. The molecule has 0 aliphatic carbocycles. The van der Waals surface area contributed by atoms with Crippen molar-refractivity contribution in [2.75, 3.05) is 14.2 Å². The summed E-state index contributed by atoms with van der Waals surface area (Å²) in [6.07, 6.45) is 0. The summed E-state index contributed by atoms with van der Waals surface area (Å²) >= 11 is 14.3. The number of carbonyl (C=O) groups excluding carboxylic acids is 1. The van der Waals surface area contributed by atoms with Crippen LogP contribution in [0.2, 0.25) is 5.02 Å². The zero-order chi connectivity index (χ0) is 14.9. The van der Waals surface area contributed by atoms with Gasteiger partial charge in [0.1, 0.15) is 10.8 Å². The molecule has 20 heavy (non-hydrogen) atoms. The molecular weight excluding hydrogens is 431 g/mol. The minimum absolute atomic E-state index is 0.166. The number of rotatable bonds is 4. The van der Waals surface area contributed by atoms with Crippen molar-refractivity contribution in [2.45, 2.75) is 0 Å². The van der Waals surface area contributed by atoms with E-state index in [4.69, 9.17) is 21.1 Å². The molecule has 2 aromatic rings. The largest absolute Gasteiger partial charge is 0.495 e. The van der Waals surface area contributed by atoms with E-state index in [1.807, 2.05) is 0 Å². The lowest BCUT2D eigenvalue weighted by Crippen LogP contribution is -2.04. The number of carbonyl (C=O) groups is 1. The molecular formula is C13H9Br2ClO3S. The topological polar surface area (TPSA) is 35.5 Å². The number of ketones is 1. The SMILES string of the molecule is COc1ccc(C(=O)c2cc(Br)sc2Br)c(OC)c1Cl. The van der Waals surface area contributed by atoms with E-state index >= 15 is 0 Å². The van der Waals surface area contributed by atoms with Crippen LogP contribution < -0.4 is 9.47 Å². The van der Waals surface area contributed by atoms with Gasteiger partial charge in [-0.15, -0.1) is 11.3 Å². The summed E-state index contributed by atoms with van der Waals surface area (Å²) in [4.78, 5) is 12.6. The number of halogens is 3. The van der Waals surface area contributed by atoms with Crippen LogP contribution in [-0.4, -0.2) is 20.0 Å². The number of ether oxygens (including phenoxy) is 2. The molecule has 106 valence electrons. The maximum absolute atomic E-state index is 12.6. The summed E-state index contributed by atoms with van der Waals surface area (Å²) in [7, 11) is 2.98. The maximum Gasteiger partial charge on any atom is 0.198 e. The third-order valence-corrected chi connectivity index (χ3v) is 5.33. The van der Waals surface area contributed by atoms with Gasteiger partial charge in [0.15, 0.2) is 11.5 Å². The predicted molar refractivity (Wildman–Crippen MR) is 87.7 cm³/mol. The monoisotopic (exact) mass is 438 g/mol. The van der Waals surface area contributed by atoms with Gasteiger partial charge < -0.3 is 9.47 Å². The first-order chi connectivity index (χ1) is 9.49. The molecule has 0 saturated heterocycles. The van der Waals surface area contributed by atoms with Crippen LogP contribution >= 0.6 is 54.8 Å². The van der Waals surface area contributed by atoms with Gasteiger partial charge in [0, 0.05) is 5.56 Å². The molecule has 3 nitrogen and oxygen atoms in total. The van der Waals surface area contributed by atoms with Crippen molar-refractivity contribution < 1.29 is 14.3 Å². The van der Waals surface area contributed by atoms with Gasteiger partial charge in [-0.25, -0.2) is 0 Å². The van der Waals surface area contributed by atoms with E-state index in [-0.39, 0.29) is 10.8 Å². The van der Waals surface area contributed by atoms with Gasteiger partial charge in [0.25, 0.3) is 0 Å². The van der Waals surface area contributed by atoms with Crippen molar-refractivity contribution >= 4 is 60.6 Å². The van der Waals surface area contributed by atoms with Gasteiger partial charge in [0.05, 0.1) is 27.4 Å². The highest BCUT2D eigenvalue weighted by molar-refractivity contribution is 9.12. The van der Waals surface area contributed by atoms with E-state index in [1.54, 1.807) is 18.2 Å². The van der Waals surface area contributed by atoms with Crippen LogP contribution in [0.4, 0.5) is 0 Å². The molecule has 1 aromatic carbocycles. The third-order valence-electron chi connectivity index (χ3n) is 2.63. The highest BCUT2D eigenvalue weighted by atomic mass is 79.9. The molecule has 2 rings (SSSR count). The lowest BCUT2D eigenvalue weighted by atomic mass is 10.0. The fourth-order valence-corrected chi connectivity index (χ4v) is 4.83. The lowest BCUT2D eigenvalue weighted by Gasteiger charge is -2.12. The molecule has 0 unspecified atom stereocenters. The van der Waals surface area contributed by atoms with Gasteiger partial charge in [-0.3, -0.25) is 4.79 Å². The fourth-order valence-electron chi connectivity index (χ4n) is 1.71. The summed E-state index contributed by atoms with van der Waals surface area (Å²) in [6, 6.07) is 5.05. The first kappa shape index (κ1) is 15.8. The van der Waals surface area contributed by atoms with Crippen molar-refractivity contribution in [3.05, 3.63) is 41.9 Å². The predicted octanol–water partition coefficient (Wildman–Crippen LogP) is 5.17. The van der Waals surface area contributed by atoms with Crippen LogP contribution in [0.1, 0.15) is 15.9 Å². The smallest absolute Gasteiger partial charge is 0.198 e. The molecule has 7 heteroatoms. The summed E-state index contributed by atoms with van der Waals surface area (Å²) in [5.74, 6) is 0.607. The fraction of sp³-hybridized carbons (Fsp3) is 0.154. The van der Waals surface area contributed by atoms with E-state index in [9.17, 15) is 4.79 Å². The molecule has 0 radical (unpaired) electrons. The standard InChI is InChI=1S/C13H9Br2ClO3S/c1-18-8-4-3-6(12(19-2)10(8)16)11(17)7-5-9(14)20-13(7)15/h3-5H,1-2H3. The van der Waals surface area contributed by atoms with Crippen LogP contribution in [0, 0.1) is 0 Å². The Morgan fingerprint density at radius 2 is 1.90 bits per heavy atom. The van der Waals surface area contributed by atoms with E-state index in [0.717, 1.165) is 7.57 Å². The Morgan fingerprint density at radius 1 is 1.20 bits per heavy atom. The molecule has 0 atom stereocenters. The second kappa shape index (κ2) is 6.47. The molecule has 0 bridgehead atoms. The Labute approximate surface area is 142 Å². The molecule has 1 heterocycles. The summed E-state index contributed by atoms with van der Waals surface area (Å²) in [5, 5.41) is 0.284. The number of methoxy groups -OCH3 is 2. The number of hydrogen-bond acceptors (Lipinski definition) is 4. The van der Waals surface area contributed by atoms with Gasteiger partial charge >= 0.3 is 0 Å². The van der Waals surface area contributed by atoms with Gasteiger partial charge in [-0.1, -0.05) is 11.6 Å². The Balaban J connectivity index is 2.55. The van der Waals surface area contributed by atoms with Crippen LogP contribution in [0.5, 0.6) is 11.5 Å². The molecule has 1 aromatic heterocycles. The highest BCUT2D eigenvalue weighted by Crippen LogP contribution is 2.40. The first-order valence-electron chi connectivity index (χ1n) is 5.39. The van der Waals surface area contributed by atoms with Gasteiger partial charge in [-0.05, 0) is 50.1 Å². The van der Waals surface area contributed by atoms with E-state index in [2.05, 4.69) is 31.9 Å². The Kier molecular flexibility index (Phi) is 5.12. The molecule has 0 amide bonds. The number of benzene rings is 1. The minimum atomic E-state index is -0.166. The average Bonchev–Trinajstić information content (AvgIpc) is 2.76. The van der Waals surface area contributed by atoms with Crippen molar-refractivity contribution in [1.82, 2.24) is 0 Å².